The molecule has 0 N–H and O–H groups in total. The summed E-state index contributed by atoms with van der Waals surface area (Å²) < 4.78 is 2.06. The number of thioether (sulfide) groups is 1. The molecular formula is C15H13Cl2N3S2. The highest BCUT2D eigenvalue weighted by molar-refractivity contribution is 7.98. The number of hydrogen-bond donors (Lipinski definition) is 0. The van der Waals surface area contributed by atoms with Gasteiger partial charge in [-0.3, -0.25) is 0 Å². The Morgan fingerprint density at radius 1 is 1.14 bits per heavy atom. The molecule has 0 unspecified atom stereocenters. The lowest BCUT2D eigenvalue weighted by atomic mass is 10.2. The van der Waals surface area contributed by atoms with E-state index in [2.05, 4.69) is 32.3 Å². The molecule has 3 rings (SSSR count). The minimum Gasteiger partial charge on any atom is -0.308 e. The quantitative estimate of drug-likeness (QED) is 0.560. The largest absolute Gasteiger partial charge is 0.308 e. The van der Waals surface area contributed by atoms with Crippen molar-refractivity contribution in [3.05, 3.63) is 62.5 Å². The van der Waals surface area contributed by atoms with Gasteiger partial charge in [-0.1, -0.05) is 47.1 Å². The van der Waals surface area contributed by atoms with Crippen molar-refractivity contribution >= 4 is 46.3 Å². The van der Waals surface area contributed by atoms with Crippen LogP contribution in [-0.2, 0) is 18.7 Å². The van der Waals surface area contributed by atoms with Crippen LogP contribution in [0.2, 0.25) is 10.0 Å². The van der Waals surface area contributed by atoms with Crippen LogP contribution in [-0.4, -0.2) is 14.8 Å². The third-order valence-electron chi connectivity index (χ3n) is 3.17. The van der Waals surface area contributed by atoms with Gasteiger partial charge in [0.25, 0.3) is 0 Å². The minimum atomic E-state index is 0.677. The minimum absolute atomic E-state index is 0.677. The summed E-state index contributed by atoms with van der Waals surface area (Å²) in [5.74, 6) is 0.677. The fourth-order valence-electron chi connectivity index (χ4n) is 2.00. The molecule has 0 saturated carbocycles. The maximum absolute atomic E-state index is 6.20. The first-order valence-corrected chi connectivity index (χ1v) is 9.32. The van der Waals surface area contributed by atoms with Gasteiger partial charge in [-0.25, -0.2) is 0 Å². The molecule has 0 fully saturated rings. The molecule has 1 aromatic carbocycles. The van der Waals surface area contributed by atoms with E-state index in [0.29, 0.717) is 15.8 Å². The molecule has 0 spiro atoms. The number of rotatable bonds is 6. The van der Waals surface area contributed by atoms with Gasteiger partial charge in [0.05, 0.1) is 0 Å². The molecular weight excluding hydrogens is 357 g/mol. The molecule has 0 saturated heterocycles. The molecule has 22 heavy (non-hydrogen) atoms. The SMILES string of the molecule is Clc1cccc(Cl)c1CSc1nncn1CCc1cccs1. The lowest BCUT2D eigenvalue weighted by Gasteiger charge is -2.08. The van der Waals surface area contributed by atoms with Crippen LogP contribution in [0.3, 0.4) is 0 Å². The van der Waals surface area contributed by atoms with Gasteiger partial charge in [0.2, 0.25) is 0 Å². The van der Waals surface area contributed by atoms with E-state index in [1.165, 1.54) is 4.88 Å². The second-order valence-electron chi connectivity index (χ2n) is 4.63. The summed E-state index contributed by atoms with van der Waals surface area (Å²) in [5.41, 5.74) is 0.934. The average molecular weight is 370 g/mol. The molecule has 0 aliphatic carbocycles. The van der Waals surface area contributed by atoms with Gasteiger partial charge in [0.1, 0.15) is 6.33 Å². The van der Waals surface area contributed by atoms with E-state index in [1.807, 2.05) is 18.2 Å². The normalized spacial score (nSPS) is 11.0. The Morgan fingerprint density at radius 3 is 2.68 bits per heavy atom. The van der Waals surface area contributed by atoms with E-state index in [4.69, 9.17) is 23.2 Å². The Hall–Kier alpha value is -1.01. The highest BCUT2D eigenvalue weighted by Crippen LogP contribution is 2.30. The zero-order valence-electron chi connectivity index (χ0n) is 11.6. The average Bonchev–Trinajstić information content (AvgIpc) is 3.16. The van der Waals surface area contributed by atoms with Gasteiger partial charge >= 0.3 is 0 Å². The molecule has 2 heterocycles. The lowest BCUT2D eigenvalue weighted by Crippen LogP contribution is -2.01. The lowest BCUT2D eigenvalue weighted by molar-refractivity contribution is 0.637. The number of halogens is 2. The Bertz CT molecular complexity index is 721. The standard InChI is InChI=1S/C15H13Cl2N3S2/c16-13-4-1-5-14(17)12(13)9-22-15-19-18-10-20(15)7-6-11-3-2-8-21-11/h1-5,8,10H,6-7,9H2. The van der Waals surface area contributed by atoms with Gasteiger partial charge in [0.15, 0.2) is 5.16 Å². The van der Waals surface area contributed by atoms with Crippen LogP contribution in [0, 0.1) is 0 Å². The number of aryl methyl sites for hydroxylation is 2. The van der Waals surface area contributed by atoms with Crippen molar-refractivity contribution in [3.63, 3.8) is 0 Å². The van der Waals surface area contributed by atoms with Crippen LogP contribution in [0.15, 0.2) is 47.2 Å². The number of hydrogen-bond acceptors (Lipinski definition) is 4. The fourth-order valence-corrected chi connectivity index (χ4v) is 4.38. The first kappa shape index (κ1) is 15.9. The van der Waals surface area contributed by atoms with Crippen LogP contribution in [0.4, 0.5) is 0 Å². The van der Waals surface area contributed by atoms with E-state index in [0.717, 1.165) is 23.7 Å². The first-order valence-electron chi connectivity index (χ1n) is 6.70. The van der Waals surface area contributed by atoms with Gasteiger partial charge in [0, 0.05) is 27.2 Å². The summed E-state index contributed by atoms with van der Waals surface area (Å²) in [6, 6.07) is 9.77. The molecule has 3 aromatic rings. The van der Waals surface area contributed by atoms with Crippen molar-refractivity contribution in [3.8, 4) is 0 Å². The Labute approximate surface area is 147 Å². The summed E-state index contributed by atoms with van der Waals surface area (Å²) in [7, 11) is 0. The summed E-state index contributed by atoms with van der Waals surface area (Å²) in [4.78, 5) is 1.36. The molecule has 0 amide bonds. The highest BCUT2D eigenvalue weighted by atomic mass is 35.5. The topological polar surface area (TPSA) is 30.7 Å². The van der Waals surface area contributed by atoms with Crippen molar-refractivity contribution in [2.45, 2.75) is 23.9 Å². The molecule has 3 nitrogen and oxygen atoms in total. The van der Waals surface area contributed by atoms with Crippen molar-refractivity contribution in [2.75, 3.05) is 0 Å². The van der Waals surface area contributed by atoms with Crippen LogP contribution < -0.4 is 0 Å². The van der Waals surface area contributed by atoms with Crippen LogP contribution in [0.5, 0.6) is 0 Å². The van der Waals surface area contributed by atoms with Crippen molar-refractivity contribution in [1.29, 1.82) is 0 Å². The first-order chi connectivity index (χ1) is 10.7. The van der Waals surface area contributed by atoms with Crippen LogP contribution in [0.1, 0.15) is 10.4 Å². The summed E-state index contributed by atoms with van der Waals surface area (Å²) in [6.45, 7) is 0.867. The molecule has 0 aliphatic rings. The fraction of sp³-hybridized carbons (Fsp3) is 0.200. The van der Waals surface area contributed by atoms with Gasteiger partial charge in [-0.15, -0.1) is 21.5 Å². The third kappa shape index (κ3) is 3.84. The smallest absolute Gasteiger partial charge is 0.191 e. The molecule has 0 radical (unpaired) electrons. The Balaban J connectivity index is 1.65. The second-order valence-corrected chi connectivity index (χ2v) is 7.41. The van der Waals surface area contributed by atoms with E-state index in [-0.39, 0.29) is 0 Å². The van der Waals surface area contributed by atoms with E-state index in [1.54, 1.807) is 29.4 Å². The zero-order valence-corrected chi connectivity index (χ0v) is 14.7. The van der Waals surface area contributed by atoms with Crippen LogP contribution in [0.25, 0.3) is 0 Å². The van der Waals surface area contributed by atoms with E-state index in [9.17, 15) is 0 Å². The summed E-state index contributed by atoms with van der Waals surface area (Å²) >= 11 is 15.8. The maximum atomic E-state index is 6.20. The number of nitrogens with zero attached hydrogens (tertiary/aromatic N) is 3. The molecule has 0 atom stereocenters. The predicted molar refractivity (Wildman–Crippen MR) is 94.1 cm³/mol. The Morgan fingerprint density at radius 2 is 1.95 bits per heavy atom. The van der Waals surface area contributed by atoms with Crippen molar-refractivity contribution in [2.24, 2.45) is 0 Å². The second kappa shape index (κ2) is 7.51. The molecule has 114 valence electrons. The Kier molecular flexibility index (Phi) is 5.41. The molecule has 0 aliphatic heterocycles. The molecule has 7 heteroatoms. The van der Waals surface area contributed by atoms with Gasteiger partial charge < -0.3 is 4.57 Å². The van der Waals surface area contributed by atoms with Crippen molar-refractivity contribution in [1.82, 2.24) is 14.8 Å². The predicted octanol–water partition coefficient (Wildman–Crippen LogP) is 5.18. The third-order valence-corrected chi connectivity index (χ3v) is 5.82. The molecule has 0 bridgehead atoms. The summed E-state index contributed by atoms with van der Waals surface area (Å²) in [6.07, 6.45) is 2.75. The highest BCUT2D eigenvalue weighted by Gasteiger charge is 2.10. The summed E-state index contributed by atoms with van der Waals surface area (Å²) in [5, 5.41) is 12.5. The number of aromatic nitrogens is 3. The van der Waals surface area contributed by atoms with Crippen molar-refractivity contribution < 1.29 is 0 Å². The number of benzene rings is 1. The monoisotopic (exact) mass is 369 g/mol. The van der Waals surface area contributed by atoms with E-state index >= 15 is 0 Å². The van der Waals surface area contributed by atoms with E-state index < -0.39 is 0 Å². The maximum Gasteiger partial charge on any atom is 0.191 e. The van der Waals surface area contributed by atoms with Crippen LogP contribution >= 0.6 is 46.3 Å². The molecule has 2 aromatic heterocycles. The van der Waals surface area contributed by atoms with Gasteiger partial charge in [-0.05, 0) is 35.6 Å². The number of thiophene rings is 1. The van der Waals surface area contributed by atoms with Gasteiger partial charge in [-0.2, -0.15) is 0 Å². The zero-order chi connectivity index (χ0) is 15.4.